The highest BCUT2D eigenvalue weighted by Crippen LogP contribution is 2.24. The number of carbonyl (C=O) groups excluding carboxylic acids is 1. The molecule has 1 aliphatic heterocycles. The molecule has 1 aliphatic rings. The van der Waals surface area contributed by atoms with E-state index in [9.17, 15) is 4.79 Å². The highest BCUT2D eigenvalue weighted by atomic mass is 16.5. The Balaban J connectivity index is 1.56. The van der Waals surface area contributed by atoms with E-state index in [1.807, 2.05) is 12.4 Å². The Hall–Kier alpha value is -2.60. The number of rotatable bonds is 8. The molecule has 0 amide bonds. The summed E-state index contributed by atoms with van der Waals surface area (Å²) >= 11 is 0. The topological polar surface area (TPSA) is 71.7 Å². The number of nitrogens with two attached hydrogens (primary N) is 1. The summed E-state index contributed by atoms with van der Waals surface area (Å²) in [7, 11) is 1.43. The molecule has 0 saturated carbocycles. The van der Waals surface area contributed by atoms with Gasteiger partial charge in [-0.15, -0.1) is 0 Å². The number of piperazine rings is 1. The second-order valence-corrected chi connectivity index (χ2v) is 7.12. The zero-order chi connectivity index (χ0) is 19.8. The summed E-state index contributed by atoms with van der Waals surface area (Å²) in [6.07, 6.45) is 6.92. The van der Waals surface area contributed by atoms with Gasteiger partial charge in [0.05, 0.1) is 7.11 Å². The largest absolute Gasteiger partial charge is 0.469 e. The maximum Gasteiger partial charge on any atom is 0.305 e. The predicted octanol–water partition coefficient (Wildman–Crippen LogP) is 2.75. The van der Waals surface area contributed by atoms with Crippen LogP contribution in [0.2, 0.25) is 0 Å². The van der Waals surface area contributed by atoms with Crippen molar-refractivity contribution in [3.8, 4) is 0 Å². The van der Waals surface area contributed by atoms with Crippen LogP contribution in [0, 0.1) is 0 Å². The third kappa shape index (κ3) is 5.23. The van der Waals surface area contributed by atoms with Gasteiger partial charge in [0.2, 0.25) is 0 Å². The number of unbranched alkanes of at least 4 members (excludes halogenated alkanes) is 1. The van der Waals surface area contributed by atoms with Crippen molar-refractivity contribution in [2.24, 2.45) is 5.73 Å². The smallest absolute Gasteiger partial charge is 0.305 e. The van der Waals surface area contributed by atoms with Gasteiger partial charge in [-0.1, -0.05) is 6.07 Å². The fourth-order valence-corrected chi connectivity index (χ4v) is 3.71. The monoisotopic (exact) mass is 382 g/mol. The molecule has 150 valence electrons. The highest BCUT2D eigenvalue weighted by Gasteiger charge is 2.18. The first-order valence-electron chi connectivity index (χ1n) is 10.00. The molecule has 0 unspecified atom stereocenters. The third-order valence-electron chi connectivity index (χ3n) is 5.39. The molecule has 6 nitrogen and oxygen atoms in total. The van der Waals surface area contributed by atoms with Gasteiger partial charge in [-0.25, -0.2) is 0 Å². The van der Waals surface area contributed by atoms with Crippen LogP contribution in [0.3, 0.4) is 0 Å². The summed E-state index contributed by atoms with van der Waals surface area (Å²) in [4.78, 5) is 20.2. The van der Waals surface area contributed by atoms with Gasteiger partial charge in [0, 0.05) is 62.9 Å². The van der Waals surface area contributed by atoms with E-state index < -0.39 is 0 Å². The number of aryl methyl sites for hydroxylation is 1. The van der Waals surface area contributed by atoms with Gasteiger partial charge in [0.1, 0.15) is 0 Å². The molecule has 1 saturated heterocycles. The van der Waals surface area contributed by atoms with Crippen LogP contribution in [0.1, 0.15) is 30.4 Å². The number of benzene rings is 1. The van der Waals surface area contributed by atoms with E-state index in [0.717, 1.165) is 45.4 Å². The lowest BCUT2D eigenvalue weighted by Crippen LogP contribution is -2.46. The molecule has 2 aromatic rings. The van der Waals surface area contributed by atoms with Crippen LogP contribution >= 0.6 is 0 Å². The molecule has 6 heteroatoms. The Kier molecular flexibility index (Phi) is 7.25. The van der Waals surface area contributed by atoms with E-state index in [1.54, 1.807) is 0 Å². The number of hydrogen-bond donors (Lipinski definition) is 1. The number of carbonyl (C=O) groups is 1. The minimum atomic E-state index is -0.139. The van der Waals surface area contributed by atoms with Crippen molar-refractivity contribution in [1.82, 2.24) is 4.98 Å². The zero-order valence-electron chi connectivity index (χ0n) is 16.6. The number of methoxy groups -OCH3 is 1. The minimum absolute atomic E-state index is 0.139. The number of pyridine rings is 1. The Morgan fingerprint density at radius 3 is 2.32 bits per heavy atom. The fourth-order valence-electron chi connectivity index (χ4n) is 3.71. The maximum atomic E-state index is 11.2. The van der Waals surface area contributed by atoms with Crippen molar-refractivity contribution in [2.45, 2.75) is 32.2 Å². The van der Waals surface area contributed by atoms with Crippen LogP contribution in [0.25, 0.3) is 0 Å². The van der Waals surface area contributed by atoms with Gasteiger partial charge < -0.3 is 20.3 Å². The summed E-state index contributed by atoms with van der Waals surface area (Å²) in [5.74, 6) is -0.139. The second kappa shape index (κ2) is 10.1. The molecule has 2 N–H and O–H groups in total. The molecule has 3 rings (SSSR count). The number of hydrogen-bond acceptors (Lipinski definition) is 6. The van der Waals surface area contributed by atoms with Gasteiger partial charge in [0.15, 0.2) is 0 Å². The number of nitrogens with zero attached hydrogens (tertiary/aromatic N) is 3. The minimum Gasteiger partial charge on any atom is -0.469 e. The molecule has 28 heavy (non-hydrogen) atoms. The summed E-state index contributed by atoms with van der Waals surface area (Å²) in [5.41, 5.74) is 11.0. The van der Waals surface area contributed by atoms with E-state index in [0.29, 0.717) is 13.0 Å². The molecule has 0 aliphatic carbocycles. The summed E-state index contributed by atoms with van der Waals surface area (Å²) in [5, 5.41) is 0. The van der Waals surface area contributed by atoms with Crippen molar-refractivity contribution in [3.63, 3.8) is 0 Å². The summed E-state index contributed by atoms with van der Waals surface area (Å²) in [6.45, 7) is 4.52. The third-order valence-corrected chi connectivity index (χ3v) is 5.39. The molecular weight excluding hydrogens is 352 g/mol. The Morgan fingerprint density at radius 2 is 1.68 bits per heavy atom. The van der Waals surface area contributed by atoms with Crippen molar-refractivity contribution in [1.29, 1.82) is 0 Å². The first-order chi connectivity index (χ1) is 13.7. The quantitative estimate of drug-likeness (QED) is 0.559. The van der Waals surface area contributed by atoms with Crippen molar-refractivity contribution >= 4 is 17.3 Å². The van der Waals surface area contributed by atoms with E-state index in [4.69, 9.17) is 10.5 Å². The molecule has 2 heterocycles. The SMILES string of the molecule is COC(=O)CCCCc1ccc(N2CCN(c3ccncc3)CC2)cc1CN. The highest BCUT2D eigenvalue weighted by molar-refractivity contribution is 5.69. The number of aromatic nitrogens is 1. The molecule has 1 aromatic heterocycles. The first kappa shape index (κ1) is 20.1. The lowest BCUT2D eigenvalue weighted by Gasteiger charge is -2.37. The Morgan fingerprint density at radius 1 is 1.00 bits per heavy atom. The molecule has 0 bridgehead atoms. The normalized spacial score (nSPS) is 14.2. The number of ether oxygens (including phenoxy) is 1. The molecule has 1 fully saturated rings. The van der Waals surface area contributed by atoms with Crippen LogP contribution in [0.4, 0.5) is 11.4 Å². The first-order valence-corrected chi connectivity index (χ1v) is 10.00. The van der Waals surface area contributed by atoms with Gasteiger partial charge in [-0.3, -0.25) is 9.78 Å². The van der Waals surface area contributed by atoms with Crippen LogP contribution in [-0.2, 0) is 22.5 Å². The molecule has 0 radical (unpaired) electrons. The van der Waals surface area contributed by atoms with Gasteiger partial charge in [-0.2, -0.15) is 0 Å². The molecule has 1 aromatic carbocycles. The molecule has 0 atom stereocenters. The van der Waals surface area contributed by atoms with Crippen LogP contribution < -0.4 is 15.5 Å². The lowest BCUT2D eigenvalue weighted by molar-refractivity contribution is -0.140. The van der Waals surface area contributed by atoms with E-state index >= 15 is 0 Å². The van der Waals surface area contributed by atoms with Gasteiger partial charge >= 0.3 is 5.97 Å². The van der Waals surface area contributed by atoms with Crippen molar-refractivity contribution < 1.29 is 9.53 Å². The average Bonchev–Trinajstić information content (AvgIpc) is 2.77. The lowest BCUT2D eigenvalue weighted by atomic mass is 10.00. The van der Waals surface area contributed by atoms with Gasteiger partial charge in [-0.05, 0) is 54.7 Å². The number of anilines is 2. The summed E-state index contributed by atoms with van der Waals surface area (Å²) in [6, 6.07) is 10.8. The standard InChI is InChI=1S/C22H30N4O2/c1-28-22(27)5-3-2-4-18-6-7-21(16-19(18)17-23)26-14-12-25(13-15-26)20-8-10-24-11-9-20/h6-11,16H,2-5,12-15,17,23H2,1H3. The van der Waals surface area contributed by atoms with Crippen LogP contribution in [-0.4, -0.2) is 44.2 Å². The van der Waals surface area contributed by atoms with Crippen molar-refractivity contribution in [3.05, 3.63) is 53.9 Å². The van der Waals surface area contributed by atoms with Gasteiger partial charge in [0.25, 0.3) is 0 Å². The van der Waals surface area contributed by atoms with Crippen molar-refractivity contribution in [2.75, 3.05) is 43.1 Å². The second-order valence-electron chi connectivity index (χ2n) is 7.12. The van der Waals surface area contributed by atoms with Crippen LogP contribution in [0.15, 0.2) is 42.7 Å². The fraction of sp³-hybridized carbons (Fsp3) is 0.455. The Bertz CT molecular complexity index is 758. The van der Waals surface area contributed by atoms with E-state index in [1.165, 1.54) is 29.6 Å². The Labute approximate surface area is 167 Å². The maximum absolute atomic E-state index is 11.2. The number of esters is 1. The van der Waals surface area contributed by atoms with Crippen LogP contribution in [0.5, 0.6) is 0 Å². The predicted molar refractivity (Wildman–Crippen MR) is 113 cm³/mol. The molecular formula is C22H30N4O2. The summed E-state index contributed by atoms with van der Waals surface area (Å²) < 4.78 is 4.70. The molecule has 0 spiro atoms. The van der Waals surface area contributed by atoms with E-state index in [-0.39, 0.29) is 5.97 Å². The average molecular weight is 383 g/mol. The zero-order valence-corrected chi connectivity index (χ0v) is 16.6. The van der Waals surface area contributed by atoms with E-state index in [2.05, 4.69) is 45.1 Å².